The number of carbonyl (C=O) groups excluding carboxylic acids is 1. The minimum Gasteiger partial charge on any atom is -0.475 e. The van der Waals surface area contributed by atoms with Crippen molar-refractivity contribution in [3.63, 3.8) is 0 Å². The molecule has 1 aromatic heterocycles. The van der Waals surface area contributed by atoms with E-state index in [1.165, 1.54) is 11.1 Å². The fourth-order valence-corrected chi connectivity index (χ4v) is 4.86. The van der Waals surface area contributed by atoms with Crippen molar-refractivity contribution >= 4 is 44.9 Å². The van der Waals surface area contributed by atoms with E-state index in [1.807, 2.05) is 29.2 Å². The molecule has 0 bridgehead atoms. The van der Waals surface area contributed by atoms with Gasteiger partial charge in [0.05, 0.1) is 4.88 Å². The molecule has 5 nitrogen and oxygen atoms in total. The minimum absolute atomic E-state index is 0.136. The lowest BCUT2D eigenvalue weighted by atomic mass is 9.88. The predicted molar refractivity (Wildman–Crippen MR) is 123 cm³/mol. The van der Waals surface area contributed by atoms with Crippen LogP contribution < -0.4 is 5.73 Å². The summed E-state index contributed by atoms with van der Waals surface area (Å²) in [4.78, 5) is 24.6. The Hall–Kier alpha value is -2.62. The second-order valence-electron chi connectivity index (χ2n) is 7.61. The van der Waals surface area contributed by atoms with E-state index in [9.17, 15) is 18.0 Å². The fourth-order valence-electron chi connectivity index (χ4n) is 3.67. The van der Waals surface area contributed by atoms with Crippen LogP contribution in [-0.4, -0.2) is 41.1 Å². The lowest BCUT2D eigenvalue weighted by molar-refractivity contribution is -0.192. The molecule has 2 aromatic carbocycles. The van der Waals surface area contributed by atoms with Crippen LogP contribution in [0.1, 0.15) is 39.6 Å². The van der Waals surface area contributed by atoms with Crippen LogP contribution in [0.5, 0.6) is 0 Å². The van der Waals surface area contributed by atoms with Crippen molar-refractivity contribution < 1.29 is 27.9 Å². The van der Waals surface area contributed by atoms with Gasteiger partial charge in [0.2, 0.25) is 0 Å². The Kier molecular flexibility index (Phi) is 7.99. The normalized spacial score (nSPS) is 14.6. The second-order valence-corrected chi connectivity index (χ2v) is 9.13. The summed E-state index contributed by atoms with van der Waals surface area (Å²) < 4.78 is 32.8. The smallest absolute Gasteiger partial charge is 0.475 e. The third-order valence-corrected chi connectivity index (χ3v) is 6.71. The summed E-state index contributed by atoms with van der Waals surface area (Å²) in [5, 5.41) is 8.87. The quantitative estimate of drug-likeness (QED) is 0.487. The molecule has 10 heteroatoms. The standard InChI is InChI=1S/C21H21ClN2OS.C2HF3O2/c22-18-4-5-19-17(11-18)12-20(26-19)21(25)24-8-6-15(7-9-24)16-3-1-2-14(10-16)13-23;3-2(4,5)1(6)7/h1-5,10-12,15H,6-9,13,23H2;(H,6,7). The van der Waals surface area contributed by atoms with Crippen LogP contribution >= 0.6 is 22.9 Å². The van der Waals surface area contributed by atoms with Crippen molar-refractivity contribution in [1.29, 1.82) is 0 Å². The maximum Gasteiger partial charge on any atom is 0.490 e. The van der Waals surface area contributed by atoms with Gasteiger partial charge in [0.1, 0.15) is 0 Å². The number of thiophene rings is 1. The van der Waals surface area contributed by atoms with Gasteiger partial charge in [-0.1, -0.05) is 35.9 Å². The number of piperidine rings is 1. The van der Waals surface area contributed by atoms with Crippen LogP contribution in [0.3, 0.4) is 0 Å². The molecule has 1 aliphatic rings. The first-order chi connectivity index (χ1) is 15.6. The van der Waals surface area contributed by atoms with Crippen LogP contribution in [0.2, 0.25) is 5.02 Å². The summed E-state index contributed by atoms with van der Waals surface area (Å²) in [5.41, 5.74) is 8.27. The van der Waals surface area contributed by atoms with Gasteiger partial charge in [-0.2, -0.15) is 13.2 Å². The number of nitrogens with zero attached hydrogens (tertiary/aromatic N) is 1. The number of amides is 1. The molecule has 1 amide bonds. The molecule has 0 aliphatic carbocycles. The zero-order chi connectivity index (χ0) is 24.2. The number of rotatable bonds is 3. The average molecular weight is 499 g/mol. The number of alkyl halides is 3. The summed E-state index contributed by atoms with van der Waals surface area (Å²) >= 11 is 7.60. The Labute approximate surface area is 197 Å². The summed E-state index contributed by atoms with van der Waals surface area (Å²) in [6.07, 6.45) is -3.09. The fraction of sp³-hybridized carbons (Fsp3) is 0.304. The van der Waals surface area contributed by atoms with Gasteiger partial charge in [-0.15, -0.1) is 11.3 Å². The molecule has 3 N–H and O–H groups in total. The number of halogens is 4. The van der Waals surface area contributed by atoms with Crippen molar-refractivity contribution in [3.05, 3.63) is 69.6 Å². The predicted octanol–water partition coefficient (Wildman–Crippen LogP) is 5.67. The molecule has 2 heterocycles. The van der Waals surface area contributed by atoms with Crippen LogP contribution in [0, 0.1) is 0 Å². The Bertz CT molecular complexity index is 1140. The molecular formula is C23H22ClF3N2O3S. The monoisotopic (exact) mass is 498 g/mol. The van der Waals surface area contributed by atoms with Gasteiger partial charge in [-0.25, -0.2) is 4.79 Å². The van der Waals surface area contributed by atoms with E-state index in [1.54, 1.807) is 11.3 Å². The number of likely N-dealkylation sites (tertiary alicyclic amines) is 1. The number of carboxylic acid groups (broad SMARTS) is 1. The molecule has 33 heavy (non-hydrogen) atoms. The summed E-state index contributed by atoms with van der Waals surface area (Å²) in [6, 6.07) is 16.3. The summed E-state index contributed by atoms with van der Waals surface area (Å²) in [6.45, 7) is 2.16. The molecule has 1 aliphatic heterocycles. The van der Waals surface area contributed by atoms with Crippen molar-refractivity contribution in [2.24, 2.45) is 5.73 Å². The number of carbonyl (C=O) groups is 2. The maximum absolute atomic E-state index is 12.9. The molecule has 0 radical (unpaired) electrons. The third kappa shape index (κ3) is 6.46. The Morgan fingerprint density at radius 3 is 2.39 bits per heavy atom. The molecule has 0 saturated carbocycles. The maximum atomic E-state index is 12.9. The van der Waals surface area contributed by atoms with Crippen molar-refractivity contribution in [2.45, 2.75) is 31.5 Å². The highest BCUT2D eigenvalue weighted by Crippen LogP contribution is 2.32. The van der Waals surface area contributed by atoms with Crippen molar-refractivity contribution in [3.8, 4) is 0 Å². The van der Waals surface area contributed by atoms with Crippen molar-refractivity contribution in [2.75, 3.05) is 13.1 Å². The minimum atomic E-state index is -5.08. The lowest BCUT2D eigenvalue weighted by Gasteiger charge is -2.32. The Morgan fingerprint density at radius 1 is 1.12 bits per heavy atom. The number of carboxylic acids is 1. The van der Waals surface area contributed by atoms with E-state index in [4.69, 9.17) is 27.2 Å². The van der Waals surface area contributed by atoms with Gasteiger partial charge in [0.25, 0.3) is 5.91 Å². The third-order valence-electron chi connectivity index (χ3n) is 5.37. The van der Waals surface area contributed by atoms with Crippen LogP contribution in [0.15, 0.2) is 48.5 Å². The number of benzene rings is 2. The topological polar surface area (TPSA) is 83.6 Å². The van der Waals surface area contributed by atoms with Gasteiger partial charge in [0.15, 0.2) is 0 Å². The molecular weight excluding hydrogens is 477 g/mol. The summed E-state index contributed by atoms with van der Waals surface area (Å²) in [7, 11) is 0. The molecule has 3 aromatic rings. The number of aliphatic carboxylic acids is 1. The molecule has 0 atom stereocenters. The Morgan fingerprint density at radius 2 is 1.79 bits per heavy atom. The summed E-state index contributed by atoms with van der Waals surface area (Å²) in [5.74, 6) is -2.12. The van der Waals surface area contributed by atoms with Gasteiger partial charge < -0.3 is 15.7 Å². The first kappa shape index (κ1) is 25.0. The average Bonchev–Trinajstić information content (AvgIpc) is 3.21. The number of hydrogen-bond acceptors (Lipinski definition) is 4. The largest absolute Gasteiger partial charge is 0.490 e. The highest BCUT2D eigenvalue weighted by molar-refractivity contribution is 7.20. The lowest BCUT2D eigenvalue weighted by Crippen LogP contribution is -2.37. The molecule has 0 unspecified atom stereocenters. The van der Waals surface area contributed by atoms with E-state index in [2.05, 4.69) is 24.3 Å². The molecule has 0 spiro atoms. The first-order valence-electron chi connectivity index (χ1n) is 10.2. The van der Waals surface area contributed by atoms with Gasteiger partial charge >= 0.3 is 12.1 Å². The van der Waals surface area contributed by atoms with Crippen LogP contribution in [0.4, 0.5) is 13.2 Å². The van der Waals surface area contributed by atoms with Gasteiger partial charge in [-0.05, 0) is 59.5 Å². The van der Waals surface area contributed by atoms with E-state index in [0.717, 1.165) is 40.9 Å². The molecule has 176 valence electrons. The first-order valence-corrected chi connectivity index (χ1v) is 11.4. The van der Waals surface area contributed by atoms with Crippen molar-refractivity contribution in [1.82, 2.24) is 4.90 Å². The molecule has 4 rings (SSSR count). The Balaban J connectivity index is 0.000000383. The van der Waals surface area contributed by atoms with E-state index < -0.39 is 12.1 Å². The number of hydrogen-bond donors (Lipinski definition) is 2. The molecule has 1 fully saturated rings. The van der Waals surface area contributed by atoms with E-state index >= 15 is 0 Å². The zero-order valence-corrected chi connectivity index (χ0v) is 19.0. The zero-order valence-electron chi connectivity index (χ0n) is 17.4. The highest BCUT2D eigenvalue weighted by Gasteiger charge is 2.38. The van der Waals surface area contributed by atoms with Crippen LogP contribution in [0.25, 0.3) is 10.1 Å². The van der Waals surface area contributed by atoms with Gasteiger partial charge in [-0.3, -0.25) is 4.79 Å². The SMILES string of the molecule is NCc1cccc(C2CCN(C(=O)c3cc4cc(Cl)ccc4s3)CC2)c1.O=C(O)C(F)(F)F. The molecule has 1 saturated heterocycles. The van der Waals surface area contributed by atoms with E-state index in [-0.39, 0.29) is 5.91 Å². The number of fused-ring (bicyclic) bond motifs is 1. The second kappa shape index (κ2) is 10.5. The van der Waals surface area contributed by atoms with Crippen LogP contribution in [-0.2, 0) is 11.3 Å². The van der Waals surface area contributed by atoms with E-state index in [0.29, 0.717) is 17.5 Å². The number of nitrogens with two attached hydrogens (primary N) is 1. The van der Waals surface area contributed by atoms with Gasteiger partial charge in [0, 0.05) is 29.4 Å². The highest BCUT2D eigenvalue weighted by atomic mass is 35.5.